The zero-order valence-electron chi connectivity index (χ0n) is 11.9. The minimum absolute atomic E-state index is 0.0493. The minimum atomic E-state index is -3.39. The fourth-order valence-electron chi connectivity index (χ4n) is 1.81. The van der Waals surface area contributed by atoms with Crippen molar-refractivity contribution < 1.29 is 12.9 Å². The van der Waals surface area contributed by atoms with Gasteiger partial charge in [0.05, 0.1) is 18.0 Å². The Morgan fingerprint density at radius 3 is 2.43 bits per heavy atom. The van der Waals surface area contributed by atoms with Crippen molar-refractivity contribution in [2.45, 2.75) is 25.8 Å². The van der Waals surface area contributed by atoms with Gasteiger partial charge in [-0.05, 0) is 17.7 Å². The quantitative estimate of drug-likeness (QED) is 0.770. The summed E-state index contributed by atoms with van der Waals surface area (Å²) in [5.41, 5.74) is 2.44. The minimum Gasteiger partial charge on any atom is -0.364 e. The monoisotopic (exact) mass is 309 g/mol. The Kier molecular flexibility index (Phi) is 5.49. The molecule has 0 saturated carbocycles. The van der Waals surface area contributed by atoms with Gasteiger partial charge >= 0.3 is 0 Å². The van der Waals surface area contributed by atoms with Crippen molar-refractivity contribution in [1.82, 2.24) is 15.2 Å². The largest absolute Gasteiger partial charge is 0.364 e. The molecule has 0 unspecified atom stereocenters. The average molecular weight is 309 g/mol. The predicted octanol–water partition coefficient (Wildman–Crippen LogP) is 1.40. The molecular weight excluding hydrogens is 290 g/mol. The van der Waals surface area contributed by atoms with E-state index in [0.717, 1.165) is 24.2 Å². The highest BCUT2D eigenvalue weighted by Gasteiger charge is 2.12. The van der Waals surface area contributed by atoms with Crippen LogP contribution >= 0.6 is 0 Å². The van der Waals surface area contributed by atoms with E-state index in [0.29, 0.717) is 5.69 Å². The number of rotatable bonds is 8. The van der Waals surface area contributed by atoms with Gasteiger partial charge in [0, 0.05) is 12.6 Å². The third-order valence-corrected chi connectivity index (χ3v) is 4.22. The van der Waals surface area contributed by atoms with E-state index < -0.39 is 10.0 Å². The lowest BCUT2D eigenvalue weighted by Gasteiger charge is -2.07. The Morgan fingerprint density at radius 1 is 1.10 bits per heavy atom. The second kappa shape index (κ2) is 7.35. The van der Waals surface area contributed by atoms with Gasteiger partial charge < -0.3 is 9.84 Å². The SMILES string of the molecule is CCNCc1ccc(CS(=O)(=O)NCc2ccon2)cc1. The molecule has 0 saturated heterocycles. The molecule has 114 valence electrons. The normalized spacial score (nSPS) is 11.7. The van der Waals surface area contributed by atoms with Gasteiger partial charge in [0.1, 0.15) is 6.26 Å². The van der Waals surface area contributed by atoms with Crippen LogP contribution in [0.2, 0.25) is 0 Å². The van der Waals surface area contributed by atoms with Crippen LogP contribution in [0.15, 0.2) is 41.1 Å². The molecule has 6 nitrogen and oxygen atoms in total. The molecule has 2 rings (SSSR count). The summed E-state index contributed by atoms with van der Waals surface area (Å²) < 4.78 is 31.1. The van der Waals surface area contributed by atoms with Crippen LogP contribution in [0.1, 0.15) is 23.7 Å². The molecule has 0 bridgehead atoms. The van der Waals surface area contributed by atoms with Crippen LogP contribution in [0.25, 0.3) is 0 Å². The maximum Gasteiger partial charge on any atom is 0.216 e. The number of nitrogens with one attached hydrogen (secondary N) is 2. The van der Waals surface area contributed by atoms with Gasteiger partial charge in [-0.3, -0.25) is 0 Å². The van der Waals surface area contributed by atoms with Gasteiger partial charge in [0.15, 0.2) is 0 Å². The van der Waals surface area contributed by atoms with Crippen LogP contribution in [0.3, 0.4) is 0 Å². The lowest BCUT2D eigenvalue weighted by molar-refractivity contribution is 0.411. The van der Waals surface area contributed by atoms with Crippen LogP contribution in [0, 0.1) is 0 Å². The van der Waals surface area contributed by atoms with Crippen molar-refractivity contribution in [2.24, 2.45) is 0 Å². The summed E-state index contributed by atoms with van der Waals surface area (Å²) in [7, 11) is -3.39. The van der Waals surface area contributed by atoms with Crippen molar-refractivity contribution >= 4 is 10.0 Å². The number of nitrogens with zero attached hydrogens (tertiary/aromatic N) is 1. The smallest absolute Gasteiger partial charge is 0.216 e. The molecule has 0 atom stereocenters. The number of hydrogen-bond acceptors (Lipinski definition) is 5. The molecule has 0 aliphatic carbocycles. The molecule has 0 aliphatic heterocycles. The van der Waals surface area contributed by atoms with E-state index in [1.165, 1.54) is 6.26 Å². The summed E-state index contributed by atoms with van der Waals surface area (Å²) in [6.07, 6.45) is 1.41. The molecular formula is C14H19N3O3S. The lowest BCUT2D eigenvalue weighted by Crippen LogP contribution is -2.24. The number of benzene rings is 1. The van der Waals surface area contributed by atoms with Crippen molar-refractivity contribution in [3.05, 3.63) is 53.4 Å². The average Bonchev–Trinajstić information content (AvgIpc) is 2.98. The molecule has 0 spiro atoms. The molecule has 21 heavy (non-hydrogen) atoms. The van der Waals surface area contributed by atoms with Crippen molar-refractivity contribution in [1.29, 1.82) is 0 Å². The summed E-state index contributed by atoms with van der Waals surface area (Å²) in [5.74, 6) is -0.0493. The molecule has 0 aliphatic rings. The molecule has 1 aromatic heterocycles. The van der Waals surface area contributed by atoms with E-state index in [2.05, 4.69) is 19.7 Å². The molecule has 0 radical (unpaired) electrons. The zero-order valence-corrected chi connectivity index (χ0v) is 12.7. The van der Waals surface area contributed by atoms with Crippen LogP contribution in [-0.2, 0) is 28.9 Å². The van der Waals surface area contributed by atoms with Gasteiger partial charge in [-0.25, -0.2) is 13.1 Å². The highest BCUT2D eigenvalue weighted by Crippen LogP contribution is 2.08. The standard InChI is InChI=1S/C14H19N3O3S/c1-2-15-9-12-3-5-13(6-4-12)11-21(18,19)16-10-14-7-8-20-17-14/h3-8,15-16H,2,9-11H2,1H3. The predicted molar refractivity (Wildman–Crippen MR) is 79.8 cm³/mol. The maximum atomic E-state index is 12.0. The highest BCUT2D eigenvalue weighted by atomic mass is 32.2. The van der Waals surface area contributed by atoms with Gasteiger partial charge in [-0.15, -0.1) is 0 Å². The van der Waals surface area contributed by atoms with E-state index in [1.54, 1.807) is 6.07 Å². The second-order valence-electron chi connectivity index (χ2n) is 4.67. The zero-order chi connectivity index (χ0) is 15.1. The van der Waals surface area contributed by atoms with Crippen molar-refractivity contribution in [3.63, 3.8) is 0 Å². The Labute approximate surface area is 124 Å². The van der Waals surface area contributed by atoms with E-state index in [4.69, 9.17) is 0 Å². The van der Waals surface area contributed by atoms with Gasteiger partial charge in [0.2, 0.25) is 10.0 Å². The molecule has 2 aromatic rings. The number of sulfonamides is 1. The fraction of sp³-hybridized carbons (Fsp3) is 0.357. The van der Waals surface area contributed by atoms with Gasteiger partial charge in [-0.1, -0.05) is 36.3 Å². The van der Waals surface area contributed by atoms with Crippen LogP contribution < -0.4 is 10.0 Å². The summed E-state index contributed by atoms with van der Waals surface area (Å²) in [4.78, 5) is 0. The molecule has 7 heteroatoms. The molecule has 0 fully saturated rings. The van der Waals surface area contributed by atoms with Gasteiger partial charge in [0.25, 0.3) is 0 Å². The maximum absolute atomic E-state index is 12.0. The van der Waals surface area contributed by atoms with Crippen LogP contribution in [0.5, 0.6) is 0 Å². The summed E-state index contributed by atoms with van der Waals surface area (Å²) in [6, 6.07) is 9.17. The Morgan fingerprint density at radius 2 is 1.81 bits per heavy atom. The Balaban J connectivity index is 1.90. The first-order valence-corrected chi connectivity index (χ1v) is 8.39. The molecule has 0 amide bonds. The summed E-state index contributed by atoms with van der Waals surface area (Å²) >= 11 is 0. The van der Waals surface area contributed by atoms with E-state index in [9.17, 15) is 8.42 Å². The van der Waals surface area contributed by atoms with Crippen molar-refractivity contribution in [2.75, 3.05) is 6.54 Å². The molecule has 1 heterocycles. The van der Waals surface area contributed by atoms with Gasteiger partial charge in [-0.2, -0.15) is 0 Å². The number of hydrogen-bond donors (Lipinski definition) is 2. The summed E-state index contributed by atoms with van der Waals surface area (Å²) in [5, 5.41) is 6.88. The fourth-order valence-corrected chi connectivity index (χ4v) is 2.91. The summed E-state index contributed by atoms with van der Waals surface area (Å²) in [6.45, 7) is 3.87. The highest BCUT2D eigenvalue weighted by molar-refractivity contribution is 7.88. The van der Waals surface area contributed by atoms with E-state index >= 15 is 0 Å². The first-order valence-electron chi connectivity index (χ1n) is 6.74. The molecule has 1 aromatic carbocycles. The lowest BCUT2D eigenvalue weighted by atomic mass is 10.1. The van der Waals surface area contributed by atoms with E-state index in [-0.39, 0.29) is 12.3 Å². The second-order valence-corrected chi connectivity index (χ2v) is 6.47. The Bertz CT molecular complexity index is 637. The Hall–Kier alpha value is -1.70. The topological polar surface area (TPSA) is 84.2 Å². The molecule has 2 N–H and O–H groups in total. The van der Waals surface area contributed by atoms with Crippen LogP contribution in [0.4, 0.5) is 0 Å². The first kappa shape index (κ1) is 15.7. The number of aromatic nitrogens is 1. The van der Waals surface area contributed by atoms with Crippen molar-refractivity contribution in [3.8, 4) is 0 Å². The van der Waals surface area contributed by atoms with E-state index in [1.807, 2.05) is 31.2 Å². The first-order chi connectivity index (χ1) is 10.1. The third kappa shape index (κ3) is 5.30. The third-order valence-electron chi connectivity index (χ3n) is 2.92. The van der Waals surface area contributed by atoms with Crippen LogP contribution in [-0.4, -0.2) is 20.1 Å².